The Morgan fingerprint density at radius 3 is 2.60 bits per heavy atom. The summed E-state index contributed by atoms with van der Waals surface area (Å²) in [6.07, 6.45) is -0.949. The maximum atomic E-state index is 12.1. The first kappa shape index (κ1) is 20.0. The molecule has 1 aliphatic rings. The summed E-state index contributed by atoms with van der Waals surface area (Å²) in [5.41, 5.74) is 1.98. The molecule has 3 aromatic rings. The molecular weight excluding hydrogens is 524 g/mol. The van der Waals surface area contributed by atoms with E-state index in [1.165, 1.54) is 12.1 Å². The summed E-state index contributed by atoms with van der Waals surface area (Å²) in [6, 6.07) is 11.8. The second-order valence-electron chi connectivity index (χ2n) is 6.01. The molecule has 0 spiro atoms. The minimum Gasteiger partial charge on any atom is -0.435 e. The molecule has 0 fully saturated rings. The van der Waals surface area contributed by atoms with E-state index in [0.29, 0.717) is 25.8 Å². The predicted octanol–water partition coefficient (Wildman–Crippen LogP) is 1.65. The molecule has 2 heterocycles. The molecular formula is C18H10Br2N6O4. The van der Waals surface area contributed by atoms with E-state index in [-0.39, 0.29) is 11.6 Å². The minimum atomic E-state index is -0.949. The van der Waals surface area contributed by atoms with Crippen molar-refractivity contribution in [1.82, 2.24) is 20.2 Å². The van der Waals surface area contributed by atoms with E-state index in [9.17, 15) is 14.7 Å². The maximum absolute atomic E-state index is 12.1. The summed E-state index contributed by atoms with van der Waals surface area (Å²) in [6.45, 7) is 0. The fraction of sp³-hybridized carbons (Fsp3) is 0.0556. The second-order valence-corrected chi connectivity index (χ2v) is 7.72. The number of aromatic nitrogens is 3. The molecule has 2 aromatic carbocycles. The van der Waals surface area contributed by atoms with Gasteiger partial charge in [0.1, 0.15) is 6.07 Å². The van der Waals surface area contributed by atoms with Gasteiger partial charge in [-0.15, -0.1) is 10.2 Å². The number of halogens is 2. The van der Waals surface area contributed by atoms with Crippen LogP contribution in [0.25, 0.3) is 5.69 Å². The van der Waals surface area contributed by atoms with E-state index in [4.69, 9.17) is 10.00 Å². The van der Waals surface area contributed by atoms with Crippen LogP contribution in [0.1, 0.15) is 23.0 Å². The van der Waals surface area contributed by atoms with Crippen LogP contribution in [0.3, 0.4) is 0 Å². The molecule has 3 N–H and O–H groups in total. The fourth-order valence-corrected chi connectivity index (χ4v) is 4.09. The molecule has 150 valence electrons. The van der Waals surface area contributed by atoms with Crippen LogP contribution >= 0.6 is 31.9 Å². The van der Waals surface area contributed by atoms with Gasteiger partial charge in [0, 0.05) is 11.1 Å². The third-order valence-corrected chi connectivity index (χ3v) is 5.31. The van der Waals surface area contributed by atoms with Crippen LogP contribution in [0.5, 0.6) is 5.75 Å². The second kappa shape index (κ2) is 7.86. The summed E-state index contributed by atoms with van der Waals surface area (Å²) in [4.78, 5) is 25.7. The zero-order valence-electron chi connectivity index (χ0n) is 14.8. The molecule has 0 radical (unpaired) electrons. The first-order chi connectivity index (χ1) is 14.4. The Morgan fingerprint density at radius 1 is 1.20 bits per heavy atom. The number of H-pyrrole nitrogens is 1. The number of nitrogens with one attached hydrogen (secondary N) is 2. The van der Waals surface area contributed by atoms with Gasteiger partial charge in [-0.1, -0.05) is 18.2 Å². The van der Waals surface area contributed by atoms with E-state index in [0.717, 1.165) is 4.68 Å². The van der Waals surface area contributed by atoms with Gasteiger partial charge in [-0.05, 0) is 50.1 Å². The van der Waals surface area contributed by atoms with Crippen molar-refractivity contribution < 1.29 is 9.84 Å². The smallest absolute Gasteiger partial charge is 0.349 e. The third kappa shape index (κ3) is 3.54. The number of benzene rings is 2. The Morgan fingerprint density at radius 2 is 1.90 bits per heavy atom. The van der Waals surface area contributed by atoms with Crippen LogP contribution in [0.4, 0.5) is 0 Å². The molecule has 10 nitrogen and oxygen atoms in total. The van der Waals surface area contributed by atoms with Crippen molar-refractivity contribution in [2.45, 2.75) is 6.23 Å². The highest BCUT2D eigenvalue weighted by atomic mass is 79.9. The largest absolute Gasteiger partial charge is 0.435 e. The molecule has 4 rings (SSSR count). The number of fused-ring (bicyclic) bond motifs is 1. The molecule has 0 amide bonds. The number of nitrogens with zero attached hydrogens (tertiary/aromatic N) is 4. The van der Waals surface area contributed by atoms with Crippen molar-refractivity contribution in [2.75, 3.05) is 0 Å². The van der Waals surface area contributed by atoms with Crippen LogP contribution in [0.2, 0.25) is 0 Å². The Hall–Kier alpha value is -3.27. The molecule has 30 heavy (non-hydrogen) atoms. The van der Waals surface area contributed by atoms with Crippen molar-refractivity contribution >= 4 is 37.8 Å². The Bertz CT molecular complexity index is 1330. The number of aromatic amines is 1. The summed E-state index contributed by atoms with van der Waals surface area (Å²) < 4.78 is 7.72. The van der Waals surface area contributed by atoms with Crippen molar-refractivity contribution in [3.8, 4) is 17.5 Å². The normalized spacial score (nSPS) is 14.9. The van der Waals surface area contributed by atoms with Crippen LogP contribution in [0, 0.1) is 11.3 Å². The number of aliphatic hydroxyl groups excluding tert-OH is 1. The summed E-state index contributed by atoms with van der Waals surface area (Å²) in [5, 5.41) is 26.9. The van der Waals surface area contributed by atoms with E-state index >= 15 is 0 Å². The first-order valence-corrected chi connectivity index (χ1v) is 9.89. The number of hydrogen-bond donors (Lipinski definition) is 3. The molecule has 0 aliphatic carbocycles. The lowest BCUT2D eigenvalue weighted by Crippen LogP contribution is -2.33. The predicted molar refractivity (Wildman–Crippen MR) is 112 cm³/mol. The van der Waals surface area contributed by atoms with Gasteiger partial charge in [0.15, 0.2) is 12.0 Å². The summed E-state index contributed by atoms with van der Waals surface area (Å²) in [5.74, 6) is 0.583. The SMILES string of the molecule is N#Cc1nn(-c2cc(Br)c(OC3=NNC(O)c4ccccc43)c(Br)c2)c(=O)[nH]c1=O. The highest BCUT2D eigenvalue weighted by Gasteiger charge is 2.24. The molecule has 0 saturated carbocycles. The molecule has 1 aromatic heterocycles. The van der Waals surface area contributed by atoms with Crippen LogP contribution in [-0.2, 0) is 0 Å². The lowest BCUT2D eigenvalue weighted by Gasteiger charge is -2.22. The topological polar surface area (TPSA) is 145 Å². The van der Waals surface area contributed by atoms with Crippen molar-refractivity contribution in [3.05, 3.63) is 83.0 Å². The van der Waals surface area contributed by atoms with Gasteiger partial charge in [0.2, 0.25) is 11.6 Å². The highest BCUT2D eigenvalue weighted by Crippen LogP contribution is 2.36. The highest BCUT2D eigenvalue weighted by molar-refractivity contribution is 9.11. The van der Waals surface area contributed by atoms with E-state index in [1.807, 2.05) is 4.98 Å². The Balaban J connectivity index is 1.75. The van der Waals surface area contributed by atoms with Gasteiger partial charge < -0.3 is 9.84 Å². The number of nitriles is 1. The lowest BCUT2D eigenvalue weighted by molar-refractivity contribution is 0.137. The molecule has 12 heteroatoms. The van der Waals surface area contributed by atoms with Crippen molar-refractivity contribution in [2.24, 2.45) is 5.10 Å². The first-order valence-electron chi connectivity index (χ1n) is 8.30. The van der Waals surface area contributed by atoms with Crippen LogP contribution < -0.4 is 21.4 Å². The molecule has 0 bridgehead atoms. The number of ether oxygens (including phenoxy) is 1. The van der Waals surface area contributed by atoms with Gasteiger partial charge in [0.05, 0.1) is 14.6 Å². The van der Waals surface area contributed by atoms with E-state index in [2.05, 4.69) is 47.5 Å². The summed E-state index contributed by atoms with van der Waals surface area (Å²) >= 11 is 6.78. The van der Waals surface area contributed by atoms with Gasteiger partial charge in [-0.2, -0.15) is 9.94 Å². The number of hydrogen-bond acceptors (Lipinski definition) is 8. The Kier molecular flexibility index (Phi) is 5.25. The monoisotopic (exact) mass is 532 g/mol. The molecule has 1 unspecified atom stereocenters. The zero-order valence-corrected chi connectivity index (χ0v) is 17.9. The van der Waals surface area contributed by atoms with Gasteiger partial charge in [-0.25, -0.2) is 4.79 Å². The standard InChI is InChI=1S/C18H10Br2N6O4/c19-11-5-8(26-18(29)22-16(28)13(7-21)25-26)6-12(20)14(11)30-17-10-4-2-1-3-9(10)15(27)23-24-17/h1-6,15,23,27H,(H,22,28,29). The third-order valence-electron chi connectivity index (χ3n) is 4.13. The fourth-order valence-electron chi connectivity index (χ4n) is 2.77. The number of aliphatic hydroxyl groups is 1. The minimum absolute atomic E-state index is 0.233. The number of rotatable bonds is 2. The Labute approximate surface area is 184 Å². The van der Waals surface area contributed by atoms with Gasteiger partial charge in [-0.3, -0.25) is 15.2 Å². The maximum Gasteiger partial charge on any atom is 0.349 e. The summed E-state index contributed by atoms with van der Waals surface area (Å²) in [7, 11) is 0. The van der Waals surface area contributed by atoms with Crippen molar-refractivity contribution in [3.63, 3.8) is 0 Å². The molecule has 1 atom stereocenters. The van der Waals surface area contributed by atoms with Crippen molar-refractivity contribution in [1.29, 1.82) is 5.26 Å². The zero-order chi connectivity index (χ0) is 21.4. The van der Waals surface area contributed by atoms with Gasteiger partial charge >= 0.3 is 5.69 Å². The number of hydrazone groups is 1. The van der Waals surface area contributed by atoms with E-state index < -0.39 is 23.2 Å². The van der Waals surface area contributed by atoms with Crippen LogP contribution in [-0.4, -0.2) is 25.8 Å². The average molecular weight is 534 g/mol. The van der Waals surface area contributed by atoms with Crippen LogP contribution in [0.15, 0.2) is 60.0 Å². The average Bonchev–Trinajstić information content (AvgIpc) is 2.72. The lowest BCUT2D eigenvalue weighted by atomic mass is 10.1. The quantitative estimate of drug-likeness (QED) is 0.454. The molecule has 1 aliphatic heterocycles. The molecule has 0 saturated heterocycles. The van der Waals surface area contributed by atoms with Gasteiger partial charge in [0.25, 0.3) is 5.56 Å². The van der Waals surface area contributed by atoms with E-state index in [1.54, 1.807) is 30.3 Å².